The Morgan fingerprint density at radius 1 is 1.62 bits per heavy atom. The Labute approximate surface area is 108 Å². The van der Waals surface area contributed by atoms with Gasteiger partial charge < -0.3 is 11.1 Å². The fourth-order valence-corrected chi connectivity index (χ4v) is 1.32. The maximum absolute atomic E-state index is 13.1. The van der Waals surface area contributed by atoms with Gasteiger partial charge in [0.1, 0.15) is 5.82 Å². The predicted octanol–water partition coefficient (Wildman–Crippen LogP) is 2.69. The summed E-state index contributed by atoms with van der Waals surface area (Å²) in [5, 5.41) is 2.56. The first kappa shape index (κ1) is 15.3. The molecule has 6 heteroatoms. The molecule has 16 heavy (non-hydrogen) atoms. The third kappa shape index (κ3) is 4.92. The van der Waals surface area contributed by atoms with Crippen molar-refractivity contribution in [3.05, 3.63) is 28.5 Å². The van der Waals surface area contributed by atoms with Crippen LogP contribution in [0.1, 0.15) is 13.3 Å². The van der Waals surface area contributed by atoms with Crippen molar-refractivity contribution in [1.29, 1.82) is 0 Å². The second kappa shape index (κ2) is 6.83. The van der Waals surface area contributed by atoms with Gasteiger partial charge in [-0.25, -0.2) is 4.39 Å². The monoisotopic (exact) mass is 310 g/mol. The number of hydrogen-bond donors (Lipinski definition) is 2. The van der Waals surface area contributed by atoms with Gasteiger partial charge in [0.15, 0.2) is 0 Å². The second-order valence-electron chi connectivity index (χ2n) is 3.36. The Hall–Kier alpha value is -0.650. The van der Waals surface area contributed by atoms with E-state index in [1.165, 1.54) is 12.1 Å². The topological polar surface area (TPSA) is 55.1 Å². The number of carbonyl (C=O) groups is 1. The van der Waals surface area contributed by atoms with Crippen LogP contribution in [0.25, 0.3) is 0 Å². The smallest absolute Gasteiger partial charge is 0.225 e. The Bertz CT molecular complexity index is 374. The van der Waals surface area contributed by atoms with Crippen LogP contribution in [0.2, 0.25) is 0 Å². The summed E-state index contributed by atoms with van der Waals surface area (Å²) in [7, 11) is 0. The highest BCUT2D eigenvalue weighted by Gasteiger charge is 2.06. The minimum Gasteiger partial charge on any atom is -0.327 e. The average molecular weight is 312 g/mol. The molecule has 3 nitrogen and oxygen atoms in total. The van der Waals surface area contributed by atoms with Gasteiger partial charge in [-0.3, -0.25) is 4.79 Å². The van der Waals surface area contributed by atoms with Gasteiger partial charge in [0.2, 0.25) is 5.91 Å². The van der Waals surface area contributed by atoms with E-state index >= 15 is 0 Å². The number of halogens is 3. The lowest BCUT2D eigenvalue weighted by Crippen LogP contribution is -2.23. The number of carbonyl (C=O) groups excluding carboxylic acids is 1. The molecule has 1 unspecified atom stereocenters. The van der Waals surface area contributed by atoms with E-state index in [9.17, 15) is 9.18 Å². The first-order chi connectivity index (χ1) is 6.99. The number of rotatable bonds is 3. The number of hydrogen-bond acceptors (Lipinski definition) is 2. The van der Waals surface area contributed by atoms with Gasteiger partial charge >= 0.3 is 0 Å². The molecule has 3 N–H and O–H groups in total. The summed E-state index contributed by atoms with van der Waals surface area (Å²) in [6.45, 7) is 1.74. The maximum Gasteiger partial charge on any atom is 0.225 e. The van der Waals surface area contributed by atoms with Gasteiger partial charge in [0.05, 0.1) is 4.47 Å². The lowest BCUT2D eigenvalue weighted by atomic mass is 10.2. The SMILES string of the molecule is CC(N)CC(=O)Nc1ccc(Br)c(F)c1.Cl. The predicted molar refractivity (Wildman–Crippen MR) is 68.2 cm³/mol. The molecule has 0 fully saturated rings. The van der Waals surface area contributed by atoms with Crippen molar-refractivity contribution in [1.82, 2.24) is 0 Å². The van der Waals surface area contributed by atoms with Gasteiger partial charge in [0, 0.05) is 18.2 Å². The van der Waals surface area contributed by atoms with E-state index in [1.54, 1.807) is 13.0 Å². The number of nitrogens with one attached hydrogen (secondary N) is 1. The molecule has 0 spiro atoms. The molecule has 1 aromatic carbocycles. The molecule has 0 aliphatic rings. The summed E-state index contributed by atoms with van der Waals surface area (Å²) in [5.74, 6) is -0.625. The first-order valence-electron chi connectivity index (χ1n) is 4.49. The van der Waals surface area contributed by atoms with Crippen molar-refractivity contribution in [2.75, 3.05) is 5.32 Å². The minimum atomic E-state index is -0.409. The average Bonchev–Trinajstić information content (AvgIpc) is 2.10. The molecule has 90 valence electrons. The molecule has 0 saturated heterocycles. The summed E-state index contributed by atoms with van der Waals surface area (Å²) >= 11 is 3.03. The van der Waals surface area contributed by atoms with Gasteiger partial charge in [-0.1, -0.05) is 0 Å². The van der Waals surface area contributed by atoms with Crippen LogP contribution in [0, 0.1) is 5.82 Å². The molecule has 0 aliphatic carbocycles. The van der Waals surface area contributed by atoms with E-state index in [4.69, 9.17) is 5.73 Å². The Morgan fingerprint density at radius 3 is 2.75 bits per heavy atom. The maximum atomic E-state index is 13.1. The lowest BCUT2D eigenvalue weighted by Gasteiger charge is -2.07. The lowest BCUT2D eigenvalue weighted by molar-refractivity contribution is -0.116. The molecule has 0 aromatic heterocycles. The van der Waals surface area contributed by atoms with E-state index in [-0.39, 0.29) is 30.8 Å². The van der Waals surface area contributed by atoms with Crippen molar-refractivity contribution < 1.29 is 9.18 Å². The second-order valence-corrected chi connectivity index (χ2v) is 4.21. The fraction of sp³-hybridized carbons (Fsp3) is 0.300. The van der Waals surface area contributed by atoms with Crippen molar-refractivity contribution in [2.24, 2.45) is 5.73 Å². The molecule has 0 aliphatic heterocycles. The van der Waals surface area contributed by atoms with Crippen LogP contribution < -0.4 is 11.1 Å². The van der Waals surface area contributed by atoms with E-state index in [0.717, 1.165) is 0 Å². The minimum absolute atomic E-state index is 0. The summed E-state index contributed by atoms with van der Waals surface area (Å²) in [6.07, 6.45) is 0.220. The summed E-state index contributed by atoms with van der Waals surface area (Å²) in [6, 6.07) is 4.21. The molecule has 1 amide bonds. The molecule has 1 atom stereocenters. The molecule has 1 aromatic rings. The molecule has 0 heterocycles. The van der Waals surface area contributed by atoms with E-state index < -0.39 is 5.82 Å². The highest BCUT2D eigenvalue weighted by atomic mass is 79.9. The third-order valence-corrected chi connectivity index (χ3v) is 2.35. The van der Waals surface area contributed by atoms with Crippen LogP contribution in [0.3, 0.4) is 0 Å². The normalized spacial score (nSPS) is 11.5. The van der Waals surface area contributed by atoms with Crippen LogP contribution >= 0.6 is 28.3 Å². The zero-order chi connectivity index (χ0) is 11.4. The highest BCUT2D eigenvalue weighted by Crippen LogP contribution is 2.19. The van der Waals surface area contributed by atoms with Gasteiger partial charge in [-0.2, -0.15) is 0 Å². The summed E-state index contributed by atoms with van der Waals surface area (Å²) in [5.41, 5.74) is 5.89. The molecular weight excluding hydrogens is 298 g/mol. The zero-order valence-corrected chi connectivity index (χ0v) is 11.1. The Balaban J connectivity index is 0.00000225. The molecule has 0 bridgehead atoms. The number of amides is 1. The number of anilines is 1. The largest absolute Gasteiger partial charge is 0.327 e. The standard InChI is InChI=1S/C10H12BrFN2O.ClH/c1-6(13)4-10(15)14-7-2-3-8(11)9(12)5-7;/h2-3,5-6H,4,13H2,1H3,(H,14,15);1H. The van der Waals surface area contributed by atoms with Crippen LogP contribution in [0.15, 0.2) is 22.7 Å². The third-order valence-electron chi connectivity index (χ3n) is 1.71. The fourth-order valence-electron chi connectivity index (χ4n) is 1.08. The van der Waals surface area contributed by atoms with Crippen molar-refractivity contribution in [3.8, 4) is 0 Å². The molecule has 0 saturated carbocycles. The first-order valence-corrected chi connectivity index (χ1v) is 5.29. The summed E-state index contributed by atoms with van der Waals surface area (Å²) < 4.78 is 13.4. The zero-order valence-electron chi connectivity index (χ0n) is 8.67. The van der Waals surface area contributed by atoms with Gasteiger partial charge in [0.25, 0.3) is 0 Å². The number of nitrogens with two attached hydrogens (primary N) is 1. The molecular formula is C10H13BrClFN2O. The van der Waals surface area contributed by atoms with Crippen molar-refractivity contribution >= 4 is 39.9 Å². The van der Waals surface area contributed by atoms with E-state index in [0.29, 0.717) is 10.2 Å². The van der Waals surface area contributed by atoms with Crippen molar-refractivity contribution in [2.45, 2.75) is 19.4 Å². The molecule has 1 rings (SSSR count). The Morgan fingerprint density at radius 2 is 2.25 bits per heavy atom. The van der Waals surface area contributed by atoms with Gasteiger partial charge in [-0.05, 0) is 41.1 Å². The highest BCUT2D eigenvalue weighted by molar-refractivity contribution is 9.10. The van der Waals surface area contributed by atoms with E-state index in [1.807, 2.05) is 0 Å². The van der Waals surface area contributed by atoms with Crippen LogP contribution in [-0.2, 0) is 4.79 Å². The van der Waals surface area contributed by atoms with Crippen LogP contribution in [-0.4, -0.2) is 11.9 Å². The quantitative estimate of drug-likeness (QED) is 0.902. The van der Waals surface area contributed by atoms with Crippen molar-refractivity contribution in [3.63, 3.8) is 0 Å². The van der Waals surface area contributed by atoms with E-state index in [2.05, 4.69) is 21.2 Å². The Kier molecular flexibility index (Phi) is 6.55. The molecule has 0 radical (unpaired) electrons. The number of benzene rings is 1. The van der Waals surface area contributed by atoms with Crippen LogP contribution in [0.4, 0.5) is 10.1 Å². The van der Waals surface area contributed by atoms with Crippen LogP contribution in [0.5, 0.6) is 0 Å². The van der Waals surface area contributed by atoms with Gasteiger partial charge in [-0.15, -0.1) is 12.4 Å². The summed E-state index contributed by atoms with van der Waals surface area (Å²) in [4.78, 5) is 11.3.